The maximum atomic E-state index is 6.23. The van der Waals surface area contributed by atoms with Crippen LogP contribution in [0.25, 0.3) is 10.9 Å². The first kappa shape index (κ1) is 30.7. The summed E-state index contributed by atoms with van der Waals surface area (Å²) in [6.45, 7) is 25.3. The van der Waals surface area contributed by atoms with Gasteiger partial charge in [-0.2, -0.15) is 15.1 Å². The summed E-state index contributed by atoms with van der Waals surface area (Å²) in [5, 5.41) is 9.68. The number of anilines is 2. The second-order valence-electron chi connectivity index (χ2n) is 12.5. The van der Waals surface area contributed by atoms with Gasteiger partial charge in [0.05, 0.1) is 23.4 Å². The average Bonchev–Trinajstić information content (AvgIpc) is 3.40. The lowest BCUT2D eigenvalue weighted by Gasteiger charge is -2.35. The van der Waals surface area contributed by atoms with E-state index in [4.69, 9.17) is 24.5 Å². The van der Waals surface area contributed by atoms with Gasteiger partial charge in [-0.3, -0.25) is 0 Å². The fourth-order valence-electron chi connectivity index (χ4n) is 6.22. The highest BCUT2D eigenvalue weighted by Crippen LogP contribution is 2.37. The van der Waals surface area contributed by atoms with Crippen LogP contribution >= 0.6 is 0 Å². The molecule has 0 amide bonds. The first-order valence-electron chi connectivity index (χ1n) is 15.8. The monoisotopic (exact) mass is 594 g/mol. The number of hydrogen-bond donors (Lipinski definition) is 1. The molecule has 10 nitrogen and oxygen atoms in total. The standard InChI is InChI=1S/C31H50N8O2Si/c1-8-36(9-2)19-20-41-30-33-27-22-38(16-13-24(27)29(34-30)37-17-14-32-15-18-37)28-23(4)11-12-26-25(28)21-39(35-26)31(40-10-3)42(5,6)7/h11-12,21,31-32H,8-10,13-20,22H2,1-7H3. The van der Waals surface area contributed by atoms with E-state index < -0.39 is 8.07 Å². The van der Waals surface area contributed by atoms with Crippen LogP contribution in [0.3, 0.4) is 0 Å². The molecule has 0 spiro atoms. The summed E-state index contributed by atoms with van der Waals surface area (Å²) in [6, 6.07) is 4.83. The molecular weight excluding hydrogens is 544 g/mol. The number of aromatic nitrogens is 4. The molecule has 1 N–H and O–H groups in total. The first-order chi connectivity index (χ1) is 20.2. The third kappa shape index (κ3) is 6.59. The van der Waals surface area contributed by atoms with E-state index >= 15 is 0 Å². The van der Waals surface area contributed by atoms with Crippen LogP contribution in [0, 0.1) is 6.92 Å². The van der Waals surface area contributed by atoms with Crippen molar-refractivity contribution in [3.05, 3.63) is 35.2 Å². The highest BCUT2D eigenvalue weighted by atomic mass is 28.3. The zero-order valence-electron chi connectivity index (χ0n) is 26.7. The lowest BCUT2D eigenvalue weighted by Crippen LogP contribution is -2.45. The molecular formula is C31H50N8O2Si. The molecule has 0 bridgehead atoms. The molecule has 42 heavy (non-hydrogen) atoms. The molecule has 11 heteroatoms. The third-order valence-electron chi connectivity index (χ3n) is 8.47. The number of fused-ring (bicyclic) bond motifs is 2. The Morgan fingerprint density at radius 2 is 1.79 bits per heavy atom. The molecule has 0 aliphatic carbocycles. The van der Waals surface area contributed by atoms with Gasteiger partial charge in [0, 0.05) is 63.0 Å². The van der Waals surface area contributed by atoms with Gasteiger partial charge in [-0.1, -0.05) is 39.6 Å². The summed E-state index contributed by atoms with van der Waals surface area (Å²) in [5.74, 6) is 1.05. The van der Waals surface area contributed by atoms with Gasteiger partial charge in [-0.15, -0.1) is 0 Å². The molecule has 1 atom stereocenters. The minimum atomic E-state index is -1.66. The quantitative estimate of drug-likeness (QED) is 0.310. The second kappa shape index (κ2) is 13.3. The van der Waals surface area contributed by atoms with Gasteiger partial charge in [0.15, 0.2) is 0 Å². The molecule has 0 radical (unpaired) electrons. The van der Waals surface area contributed by atoms with Crippen LogP contribution in [-0.4, -0.2) is 98.3 Å². The fraction of sp³-hybridized carbons (Fsp3) is 0.645. The van der Waals surface area contributed by atoms with Crippen molar-refractivity contribution in [1.29, 1.82) is 0 Å². The van der Waals surface area contributed by atoms with E-state index in [1.165, 1.54) is 22.2 Å². The SMILES string of the molecule is CCOC(n1cc2c(N3CCc4c(nc(OCCN(CC)CC)nc4N4CCNCC4)C3)c(C)ccc2n1)[Si](C)(C)C. The van der Waals surface area contributed by atoms with Crippen molar-refractivity contribution in [2.24, 2.45) is 0 Å². The number of hydrogen-bond acceptors (Lipinski definition) is 9. The lowest BCUT2D eigenvalue weighted by atomic mass is 10.0. The third-order valence-corrected chi connectivity index (χ3v) is 10.4. The number of ether oxygens (including phenoxy) is 2. The summed E-state index contributed by atoms with van der Waals surface area (Å²) in [6.07, 6.45) is 3.11. The van der Waals surface area contributed by atoms with Crippen molar-refractivity contribution in [2.45, 2.75) is 66.2 Å². The molecule has 5 rings (SSSR count). The maximum Gasteiger partial charge on any atom is 0.318 e. The van der Waals surface area contributed by atoms with E-state index in [1.54, 1.807) is 0 Å². The van der Waals surface area contributed by atoms with Crippen molar-refractivity contribution in [1.82, 2.24) is 30.0 Å². The highest BCUT2D eigenvalue weighted by molar-refractivity contribution is 6.76. The van der Waals surface area contributed by atoms with Crippen molar-refractivity contribution >= 4 is 30.5 Å². The molecule has 1 aromatic carbocycles. The second-order valence-corrected chi connectivity index (χ2v) is 17.7. The molecule has 1 fully saturated rings. The summed E-state index contributed by atoms with van der Waals surface area (Å²) in [7, 11) is -1.66. The molecule has 230 valence electrons. The number of likely N-dealkylation sites (N-methyl/N-ethyl adjacent to an activating group) is 1. The normalized spacial score (nSPS) is 16.8. The number of nitrogens with one attached hydrogen (secondary N) is 1. The lowest BCUT2D eigenvalue weighted by molar-refractivity contribution is 0.0555. The van der Waals surface area contributed by atoms with Crippen molar-refractivity contribution in [3.8, 4) is 6.01 Å². The van der Waals surface area contributed by atoms with E-state index in [-0.39, 0.29) is 5.85 Å². The Morgan fingerprint density at radius 3 is 2.48 bits per heavy atom. The summed E-state index contributed by atoms with van der Waals surface area (Å²) in [5.41, 5.74) is 5.83. The van der Waals surface area contributed by atoms with Crippen LogP contribution in [-0.2, 0) is 17.7 Å². The summed E-state index contributed by atoms with van der Waals surface area (Å²) < 4.78 is 14.5. The predicted molar refractivity (Wildman–Crippen MR) is 174 cm³/mol. The Hall–Kier alpha value is -2.73. The van der Waals surface area contributed by atoms with Crippen molar-refractivity contribution in [2.75, 3.05) is 75.4 Å². The topological polar surface area (TPSA) is 83.8 Å². The number of benzene rings is 1. The van der Waals surface area contributed by atoms with Crippen LogP contribution < -0.4 is 19.9 Å². The fourth-order valence-corrected chi connectivity index (χ4v) is 7.81. The summed E-state index contributed by atoms with van der Waals surface area (Å²) in [4.78, 5) is 17.3. The number of piperazine rings is 1. The van der Waals surface area contributed by atoms with E-state index in [2.05, 4.69) is 90.4 Å². The van der Waals surface area contributed by atoms with Gasteiger partial charge in [-0.05, 0) is 45.0 Å². The molecule has 4 heterocycles. The smallest absolute Gasteiger partial charge is 0.318 e. The van der Waals surface area contributed by atoms with E-state index in [1.807, 2.05) is 0 Å². The maximum absolute atomic E-state index is 6.23. The molecule has 2 aliphatic rings. The van der Waals surface area contributed by atoms with Crippen LogP contribution in [0.2, 0.25) is 19.6 Å². The highest BCUT2D eigenvalue weighted by Gasteiger charge is 2.32. The van der Waals surface area contributed by atoms with Crippen molar-refractivity contribution < 1.29 is 9.47 Å². The Morgan fingerprint density at radius 1 is 1.02 bits per heavy atom. The van der Waals surface area contributed by atoms with Gasteiger partial charge in [0.1, 0.15) is 26.3 Å². The first-order valence-corrected chi connectivity index (χ1v) is 19.4. The zero-order chi connectivity index (χ0) is 29.9. The molecule has 1 unspecified atom stereocenters. The minimum Gasteiger partial charge on any atom is -0.462 e. The van der Waals surface area contributed by atoms with Gasteiger partial charge >= 0.3 is 6.01 Å². The van der Waals surface area contributed by atoms with Crippen LogP contribution in [0.5, 0.6) is 6.01 Å². The van der Waals surface area contributed by atoms with E-state index in [0.717, 1.165) is 82.4 Å². The molecule has 0 saturated carbocycles. The Kier molecular flexibility index (Phi) is 9.71. The predicted octanol–water partition coefficient (Wildman–Crippen LogP) is 4.24. The molecule has 2 aliphatic heterocycles. The zero-order valence-corrected chi connectivity index (χ0v) is 27.7. The van der Waals surface area contributed by atoms with Crippen molar-refractivity contribution in [3.63, 3.8) is 0 Å². The van der Waals surface area contributed by atoms with Gasteiger partial charge in [0.2, 0.25) is 0 Å². The van der Waals surface area contributed by atoms with Gasteiger partial charge in [-0.25, -0.2) is 4.68 Å². The largest absolute Gasteiger partial charge is 0.462 e. The summed E-state index contributed by atoms with van der Waals surface area (Å²) >= 11 is 0. The van der Waals surface area contributed by atoms with Crippen LogP contribution in [0.15, 0.2) is 18.3 Å². The van der Waals surface area contributed by atoms with E-state index in [0.29, 0.717) is 19.2 Å². The Bertz CT molecular complexity index is 1350. The Balaban J connectivity index is 1.48. The van der Waals surface area contributed by atoms with Crippen LogP contribution in [0.4, 0.5) is 11.5 Å². The van der Waals surface area contributed by atoms with E-state index in [9.17, 15) is 0 Å². The molecule has 3 aromatic rings. The minimum absolute atomic E-state index is 0.00415. The number of nitrogens with zero attached hydrogens (tertiary/aromatic N) is 7. The Labute approximate surface area is 252 Å². The van der Waals surface area contributed by atoms with Crippen LogP contribution in [0.1, 0.15) is 43.4 Å². The van der Waals surface area contributed by atoms with Gasteiger partial charge in [0.25, 0.3) is 0 Å². The molecule has 2 aromatic heterocycles. The van der Waals surface area contributed by atoms with Gasteiger partial charge < -0.3 is 29.5 Å². The molecule has 1 saturated heterocycles. The number of aryl methyl sites for hydroxylation is 1. The average molecular weight is 595 g/mol. The number of rotatable bonds is 12.